The third-order valence-corrected chi connectivity index (χ3v) is 29.7. The Labute approximate surface area is 915 Å². The maximum Gasteiger partial charge on any atom is 0.410 e. The molecule has 6 aromatic rings. The lowest BCUT2D eigenvalue weighted by molar-refractivity contribution is -0.163. The van der Waals surface area contributed by atoms with Crippen LogP contribution in [0.25, 0.3) is 0 Å². The lowest BCUT2D eigenvalue weighted by Gasteiger charge is -2.31. The van der Waals surface area contributed by atoms with E-state index in [1.54, 1.807) is 71.6 Å². The van der Waals surface area contributed by atoms with Crippen LogP contribution in [0, 0.1) is 34.0 Å². The molecule has 7 aliphatic heterocycles. The van der Waals surface area contributed by atoms with Crippen molar-refractivity contribution in [3.63, 3.8) is 0 Å². The third-order valence-electron chi connectivity index (χ3n) is 24.2. The molecule has 7 heterocycles. The van der Waals surface area contributed by atoms with E-state index < -0.39 is 28.9 Å². The predicted octanol–water partition coefficient (Wildman–Crippen LogP) is 27.6. The number of amides is 2. The average molecular weight is 2340 g/mol. The van der Waals surface area contributed by atoms with E-state index in [-0.39, 0.29) is 91.6 Å². The van der Waals surface area contributed by atoms with Crippen molar-refractivity contribution in [3.8, 4) is 18.2 Å². The predicted molar refractivity (Wildman–Crippen MR) is 573 cm³/mol. The quantitative estimate of drug-likeness (QED) is 0.0149. The number of likely N-dealkylation sites (tertiary alicyclic amines) is 1. The largest absolute Gasteiger partial charge is 0.469 e. The van der Waals surface area contributed by atoms with Gasteiger partial charge in [0, 0.05) is 107 Å². The Balaban J connectivity index is 0.000000294. The second kappa shape index (κ2) is 68.6. The molecule has 38 heteroatoms. The fourth-order valence-corrected chi connectivity index (χ4v) is 18.8. The molecule has 0 spiro atoms. The van der Waals surface area contributed by atoms with Crippen molar-refractivity contribution >= 4 is 201 Å². The van der Waals surface area contributed by atoms with Gasteiger partial charge in [-0.15, -0.1) is 0 Å². The molecule has 3 N–H and O–H groups in total. The fraction of sp³-hybridized carbons (Fsp3) is 0.577. The maximum atomic E-state index is 12.4. The molecule has 786 valence electrons. The molecule has 9 atom stereocenters. The van der Waals surface area contributed by atoms with Crippen LogP contribution in [-0.2, 0) is 104 Å². The molecule has 142 heavy (non-hydrogen) atoms. The highest BCUT2D eigenvalue weighted by Gasteiger charge is 2.44. The topological polar surface area (TPSA) is 315 Å². The van der Waals surface area contributed by atoms with E-state index in [1.807, 2.05) is 69.3 Å². The van der Waals surface area contributed by atoms with Gasteiger partial charge in [-0.05, 0) is 281 Å². The highest BCUT2D eigenvalue weighted by Crippen LogP contribution is 2.45. The second-order valence-electron chi connectivity index (χ2n) is 35.6. The molecule has 2 amide bonds. The number of rotatable bonds is 33. The number of aliphatic hydroxyl groups excluding tert-OH is 1. The summed E-state index contributed by atoms with van der Waals surface area (Å²) in [6.45, 7) is 15.4. The van der Waals surface area contributed by atoms with Crippen LogP contribution in [0.15, 0.2) is 109 Å². The lowest BCUT2D eigenvalue weighted by atomic mass is 9.75. The summed E-state index contributed by atoms with van der Waals surface area (Å²) in [5.41, 5.74) is 3.71. The average Bonchev–Trinajstić information content (AvgIpc) is 1.42. The Morgan fingerprint density at radius 3 is 1.34 bits per heavy atom. The van der Waals surface area contributed by atoms with Crippen molar-refractivity contribution < 1.29 is 85.9 Å². The number of hydrogen-bond acceptors (Lipinski definition) is 22. The van der Waals surface area contributed by atoms with Crippen molar-refractivity contribution in [2.45, 2.75) is 260 Å². The molecule has 7 saturated heterocycles. The Kier molecular flexibility index (Phi) is 61.6. The Hall–Kier alpha value is -5.02. The molecular formula is C104H134Br2Cl12N6O18. The summed E-state index contributed by atoms with van der Waals surface area (Å²) < 4.78 is 64.0. The van der Waals surface area contributed by atoms with Crippen LogP contribution in [0.4, 0.5) is 4.79 Å². The monoisotopic (exact) mass is 2330 g/mol. The Morgan fingerprint density at radius 1 is 0.514 bits per heavy atom. The molecule has 7 aliphatic rings. The fourth-order valence-electron chi connectivity index (χ4n) is 16.5. The summed E-state index contributed by atoms with van der Waals surface area (Å²) in [7, 11) is 3.94. The number of ether oxygens (including phenoxy) is 12. The first-order chi connectivity index (χ1) is 67.5. The van der Waals surface area contributed by atoms with Gasteiger partial charge in [-0.2, -0.15) is 15.8 Å². The number of nitrogens with zero attached hydrogens (tertiary/aromatic N) is 4. The van der Waals surface area contributed by atoms with Crippen LogP contribution in [-0.4, -0.2) is 195 Å². The minimum atomic E-state index is -1.04. The molecule has 24 nitrogen and oxygen atoms in total. The molecule has 7 fully saturated rings. The van der Waals surface area contributed by atoms with Gasteiger partial charge >= 0.3 is 24.0 Å². The number of alkyl halides is 2. The first-order valence-electron chi connectivity index (χ1n) is 47.2. The third kappa shape index (κ3) is 45.0. The summed E-state index contributed by atoms with van der Waals surface area (Å²) in [5.74, 6) is -1.61. The van der Waals surface area contributed by atoms with E-state index in [0.29, 0.717) is 136 Å². The first-order valence-corrected chi connectivity index (χ1v) is 54.0. The van der Waals surface area contributed by atoms with Gasteiger partial charge in [-0.25, -0.2) is 4.79 Å². The van der Waals surface area contributed by atoms with Gasteiger partial charge in [-0.3, -0.25) is 19.2 Å². The minimum Gasteiger partial charge on any atom is -0.469 e. The molecule has 9 unspecified atom stereocenters. The molecule has 6 aromatic carbocycles. The van der Waals surface area contributed by atoms with E-state index in [0.717, 1.165) is 184 Å². The molecule has 0 radical (unpaired) electrons. The van der Waals surface area contributed by atoms with Crippen LogP contribution >= 0.6 is 171 Å². The van der Waals surface area contributed by atoms with Crippen molar-refractivity contribution in [2.75, 3.05) is 124 Å². The van der Waals surface area contributed by atoms with Gasteiger partial charge in [0.15, 0.2) is 25.2 Å². The Morgan fingerprint density at radius 2 is 0.951 bits per heavy atom. The van der Waals surface area contributed by atoms with Crippen LogP contribution in [0.5, 0.6) is 0 Å². The Bertz CT molecular complexity index is 4950. The van der Waals surface area contributed by atoms with Gasteiger partial charge in [0.25, 0.3) is 0 Å². The summed E-state index contributed by atoms with van der Waals surface area (Å²) >= 11 is 78.0. The number of nitrogens with one attached hydrogen (secondary N) is 2. The van der Waals surface area contributed by atoms with E-state index in [2.05, 4.69) is 64.1 Å². The van der Waals surface area contributed by atoms with Crippen molar-refractivity contribution in [3.05, 3.63) is 203 Å². The number of nitriles is 3. The van der Waals surface area contributed by atoms with Crippen molar-refractivity contribution in [1.29, 1.82) is 15.8 Å². The van der Waals surface area contributed by atoms with Gasteiger partial charge in [-0.1, -0.05) is 215 Å². The van der Waals surface area contributed by atoms with Crippen LogP contribution in [0.1, 0.15) is 234 Å². The second-order valence-corrected chi connectivity index (χ2v) is 41.9. The zero-order chi connectivity index (χ0) is 103. The molecule has 13 rings (SSSR count). The smallest absolute Gasteiger partial charge is 0.410 e. The van der Waals surface area contributed by atoms with Gasteiger partial charge in [0.1, 0.15) is 10.9 Å². The molecule has 0 bridgehead atoms. The maximum absolute atomic E-state index is 12.4. The molecule has 0 aromatic heterocycles. The first kappa shape index (κ1) is 127. The van der Waals surface area contributed by atoms with E-state index in [9.17, 15) is 34.3 Å². The van der Waals surface area contributed by atoms with Crippen molar-refractivity contribution in [1.82, 2.24) is 15.5 Å². The summed E-state index contributed by atoms with van der Waals surface area (Å²) in [6, 6.07) is 38.7. The zero-order valence-corrected chi connectivity index (χ0v) is 92.9. The number of carbonyl (C=O) groups excluding carboxylic acids is 5. The van der Waals surface area contributed by atoms with Gasteiger partial charge < -0.3 is 77.5 Å². The number of benzene rings is 6. The number of esters is 3. The number of hydrogen-bond donors (Lipinski definition) is 3. The number of aliphatic hydroxyl groups is 1. The standard InChI is InChI=1S/C19H23Cl2NO4.C18H23Cl2NO3.C18H25Cl2NO3.C18H25Cl2NO2.C11H9Cl2NO2.C8H15BrO2.C8H5Cl2N.C3H5BrO2.CH4/c1-24-17(23)12-19(13-22,14-6-7-15(20)16(21)11-14)8-4-10-26-18-5-2-3-9-25-18;19-14-6-5-13(10-15(14)20)18(11-16(22)21-12-18)7-3-9-24-17-4-1-2-8-23-17;1-17(2,3)24-16(23)21-9-8-18(12-21,7-4-10-22)13-5-6-14(19)15(20)11-13;19-15-6-5-14(12-16(15)20)18(8-9-21-13-18)7-3-11-23-17-4-1-2-10-22-17;1-16-11(15)5-8(6-14)7-2-3-9(12)10(13)4-7;9-5-3-7-11-8-4-1-2-6-10-8;9-7-2-1-6(3-4-11)5-8(7)10;1-6-3(5)2-4;/h6-7,11,18H,2-5,8-10,12H2,1H3;5-6,10,17H,1-4,7-9,11-12H2,(H,21,22);5-6,11,22H,4,7-10,12H2,1-3H3;5-6,12,17,21H,1-4,7-11,13H2;2-4,8H,5H2,1H3;8H,1-7H2;1-2,5H,3H2;2H2,1H3;1H4. The summed E-state index contributed by atoms with van der Waals surface area (Å²) in [4.78, 5) is 58.9. The van der Waals surface area contributed by atoms with Crippen LogP contribution < -0.4 is 10.6 Å². The normalized spacial score (nSPS) is 20.6. The zero-order valence-electron chi connectivity index (χ0n) is 80.7. The van der Waals surface area contributed by atoms with Gasteiger partial charge in [0.2, 0.25) is 5.91 Å². The minimum absolute atomic E-state index is 0. The molecule has 0 aliphatic carbocycles. The van der Waals surface area contributed by atoms with Gasteiger partial charge in [0.05, 0.1) is 137 Å². The summed E-state index contributed by atoms with van der Waals surface area (Å²) in [6.07, 6.45) is 22.9. The highest BCUT2D eigenvalue weighted by molar-refractivity contribution is 9.09. The SMILES string of the molecule is BrCCCOC1CCCCO1.C.CC(C)(C)OC(=O)N1CCC(CCCO)(c2ccc(Cl)c(Cl)c2)C1.COC(=O)CBr.COC(=O)CC(C#N)(CCCOC1CCCCO1)c1ccc(Cl)c(Cl)c1.COC(=O)CC(C#N)c1ccc(Cl)c(Cl)c1.Clc1ccc(C2(CCCOC3CCCCO3)CCNC2)cc1Cl.N#CCc1ccc(Cl)c(Cl)c1.O=C1CC(CCCOC2CCCCO2)(c2ccc(Cl)c(Cl)c2)CN1. The van der Waals surface area contributed by atoms with E-state index in [1.165, 1.54) is 46.2 Å². The molecular weight excluding hydrogens is 2210 g/mol. The number of methoxy groups -OCH3 is 3. The van der Waals surface area contributed by atoms with E-state index >= 15 is 0 Å². The van der Waals surface area contributed by atoms with E-state index in [4.69, 9.17) is 197 Å². The van der Waals surface area contributed by atoms with Crippen molar-refractivity contribution in [2.24, 2.45) is 0 Å². The molecule has 0 saturated carbocycles. The highest BCUT2D eigenvalue weighted by atomic mass is 79.9. The number of halogens is 14. The lowest BCUT2D eigenvalue weighted by Crippen LogP contribution is -2.38. The van der Waals surface area contributed by atoms with Crippen LogP contribution in [0.2, 0.25) is 60.3 Å². The summed E-state index contributed by atoms with van der Waals surface area (Å²) in [5, 5.41) is 50.1. The number of carbonyl (C=O) groups is 5. The van der Waals surface area contributed by atoms with Crippen LogP contribution in [0.3, 0.4) is 0 Å².